The number of nitrogens with zero attached hydrogens (tertiary/aromatic N) is 1. The van der Waals surface area contributed by atoms with Crippen molar-refractivity contribution in [3.05, 3.63) is 22.2 Å². The first-order valence-corrected chi connectivity index (χ1v) is 8.01. The van der Waals surface area contributed by atoms with Gasteiger partial charge in [-0.05, 0) is 25.0 Å². The summed E-state index contributed by atoms with van der Waals surface area (Å²) in [5.41, 5.74) is 1.21. The number of hydrogen-bond donors (Lipinski definition) is 1. The van der Waals surface area contributed by atoms with E-state index in [0.29, 0.717) is 6.10 Å². The van der Waals surface area contributed by atoms with Crippen LogP contribution in [0.5, 0.6) is 11.5 Å². The van der Waals surface area contributed by atoms with Crippen LogP contribution in [-0.4, -0.2) is 44.3 Å². The molecule has 1 saturated carbocycles. The molecule has 0 amide bonds. The van der Waals surface area contributed by atoms with E-state index in [9.17, 15) is 0 Å². The molecule has 5 heteroatoms. The molecule has 2 aliphatic rings. The molecule has 1 saturated heterocycles. The quantitative estimate of drug-likeness (QED) is 0.892. The molecule has 0 radical (unpaired) electrons. The molecule has 2 fully saturated rings. The Bertz CT molecular complexity index is 471. The second-order valence-corrected chi connectivity index (χ2v) is 6.36. The number of halogens is 1. The second-order valence-electron chi connectivity index (χ2n) is 5.44. The van der Waals surface area contributed by atoms with Gasteiger partial charge in [0, 0.05) is 42.8 Å². The minimum Gasteiger partial charge on any atom is -0.493 e. The van der Waals surface area contributed by atoms with Crippen LogP contribution in [0.1, 0.15) is 18.4 Å². The van der Waals surface area contributed by atoms with Gasteiger partial charge in [0.2, 0.25) is 0 Å². The van der Waals surface area contributed by atoms with Crippen LogP contribution in [0.2, 0.25) is 0 Å². The largest absolute Gasteiger partial charge is 0.493 e. The van der Waals surface area contributed by atoms with Crippen molar-refractivity contribution in [1.82, 2.24) is 10.2 Å². The first-order chi connectivity index (χ1) is 9.76. The lowest BCUT2D eigenvalue weighted by molar-refractivity contribution is 0.223. The molecule has 0 bridgehead atoms. The van der Waals surface area contributed by atoms with Crippen LogP contribution in [0, 0.1) is 0 Å². The lowest BCUT2D eigenvalue weighted by Gasteiger charge is -2.28. The summed E-state index contributed by atoms with van der Waals surface area (Å²) < 4.78 is 12.6. The molecular formula is C15H21BrN2O2. The van der Waals surface area contributed by atoms with Crippen LogP contribution in [0.15, 0.2) is 16.6 Å². The highest BCUT2D eigenvalue weighted by atomic mass is 79.9. The van der Waals surface area contributed by atoms with Crippen molar-refractivity contribution in [2.24, 2.45) is 0 Å². The molecule has 1 aromatic rings. The average Bonchev–Trinajstić information content (AvgIpc) is 3.26. The Morgan fingerprint density at radius 1 is 1.30 bits per heavy atom. The van der Waals surface area contributed by atoms with E-state index in [4.69, 9.17) is 9.47 Å². The monoisotopic (exact) mass is 340 g/mol. The number of rotatable bonds is 5. The van der Waals surface area contributed by atoms with Gasteiger partial charge in [-0.3, -0.25) is 4.90 Å². The number of piperazine rings is 1. The van der Waals surface area contributed by atoms with Crippen molar-refractivity contribution in [1.29, 1.82) is 0 Å². The predicted molar refractivity (Wildman–Crippen MR) is 82.5 cm³/mol. The van der Waals surface area contributed by atoms with E-state index in [2.05, 4.69) is 32.2 Å². The number of hydrogen-bond acceptors (Lipinski definition) is 4. The molecule has 1 N–H and O–H groups in total. The van der Waals surface area contributed by atoms with Gasteiger partial charge in [-0.25, -0.2) is 0 Å². The Kier molecular flexibility index (Phi) is 4.48. The van der Waals surface area contributed by atoms with Crippen molar-refractivity contribution in [3.8, 4) is 11.5 Å². The summed E-state index contributed by atoms with van der Waals surface area (Å²) in [5, 5.41) is 3.38. The maximum atomic E-state index is 6.09. The third-order valence-corrected chi connectivity index (χ3v) is 4.19. The summed E-state index contributed by atoms with van der Waals surface area (Å²) in [5.74, 6) is 1.76. The van der Waals surface area contributed by atoms with E-state index in [1.165, 1.54) is 5.56 Å². The summed E-state index contributed by atoms with van der Waals surface area (Å²) in [6.07, 6.45) is 2.70. The summed E-state index contributed by atoms with van der Waals surface area (Å²) >= 11 is 3.57. The molecular weight excluding hydrogens is 320 g/mol. The zero-order valence-electron chi connectivity index (χ0n) is 11.8. The van der Waals surface area contributed by atoms with E-state index < -0.39 is 0 Å². The smallest absolute Gasteiger partial charge is 0.166 e. The normalized spacial score (nSPS) is 19.9. The molecule has 0 aromatic heterocycles. The number of benzene rings is 1. The van der Waals surface area contributed by atoms with Crippen LogP contribution in [0.3, 0.4) is 0 Å². The summed E-state index contributed by atoms with van der Waals surface area (Å²) in [6.45, 7) is 5.20. The highest BCUT2D eigenvalue weighted by Gasteiger charge is 2.27. The van der Waals surface area contributed by atoms with Crippen molar-refractivity contribution >= 4 is 15.9 Å². The van der Waals surface area contributed by atoms with E-state index in [-0.39, 0.29) is 0 Å². The van der Waals surface area contributed by atoms with Crippen LogP contribution in [0.25, 0.3) is 0 Å². The fourth-order valence-corrected chi connectivity index (χ4v) is 2.97. The van der Waals surface area contributed by atoms with Gasteiger partial charge in [0.05, 0.1) is 13.2 Å². The molecule has 1 heterocycles. The van der Waals surface area contributed by atoms with Gasteiger partial charge < -0.3 is 14.8 Å². The van der Waals surface area contributed by atoms with Crippen molar-refractivity contribution in [2.45, 2.75) is 25.5 Å². The Morgan fingerprint density at radius 2 is 2.05 bits per heavy atom. The van der Waals surface area contributed by atoms with Gasteiger partial charge in [-0.2, -0.15) is 0 Å². The highest BCUT2D eigenvalue weighted by Crippen LogP contribution is 2.39. The average molecular weight is 341 g/mol. The third kappa shape index (κ3) is 3.45. The van der Waals surface area contributed by atoms with Gasteiger partial charge in [-0.1, -0.05) is 15.9 Å². The zero-order chi connectivity index (χ0) is 13.9. The first kappa shape index (κ1) is 14.2. The minimum absolute atomic E-state index is 0.381. The fraction of sp³-hybridized carbons (Fsp3) is 0.600. The van der Waals surface area contributed by atoms with Gasteiger partial charge in [-0.15, -0.1) is 0 Å². The Labute approximate surface area is 128 Å². The van der Waals surface area contributed by atoms with E-state index in [0.717, 1.165) is 61.5 Å². The van der Waals surface area contributed by atoms with Crippen LogP contribution < -0.4 is 14.8 Å². The van der Waals surface area contributed by atoms with Gasteiger partial charge in [0.1, 0.15) is 0 Å². The molecule has 0 unspecified atom stereocenters. The van der Waals surface area contributed by atoms with Crippen molar-refractivity contribution in [3.63, 3.8) is 0 Å². The van der Waals surface area contributed by atoms with Gasteiger partial charge in [0.25, 0.3) is 0 Å². The highest BCUT2D eigenvalue weighted by molar-refractivity contribution is 9.10. The minimum atomic E-state index is 0.381. The summed E-state index contributed by atoms with van der Waals surface area (Å²) in [4.78, 5) is 2.46. The summed E-state index contributed by atoms with van der Waals surface area (Å²) in [6, 6.07) is 4.14. The van der Waals surface area contributed by atoms with E-state index in [1.807, 2.05) is 6.07 Å². The molecule has 110 valence electrons. The Hall–Kier alpha value is -0.780. The topological polar surface area (TPSA) is 33.7 Å². The van der Waals surface area contributed by atoms with Crippen LogP contribution in [-0.2, 0) is 6.54 Å². The molecule has 20 heavy (non-hydrogen) atoms. The molecule has 0 spiro atoms. The Morgan fingerprint density at radius 3 is 2.70 bits per heavy atom. The van der Waals surface area contributed by atoms with Crippen LogP contribution >= 0.6 is 15.9 Å². The van der Waals surface area contributed by atoms with Gasteiger partial charge >= 0.3 is 0 Å². The maximum Gasteiger partial charge on any atom is 0.166 e. The van der Waals surface area contributed by atoms with E-state index >= 15 is 0 Å². The fourth-order valence-electron chi connectivity index (χ4n) is 2.49. The molecule has 0 atom stereocenters. The number of methoxy groups -OCH3 is 1. The first-order valence-electron chi connectivity index (χ1n) is 7.22. The van der Waals surface area contributed by atoms with Crippen molar-refractivity contribution in [2.75, 3.05) is 33.3 Å². The number of ether oxygens (including phenoxy) is 2. The molecule has 4 nitrogen and oxygen atoms in total. The number of nitrogens with one attached hydrogen (secondary N) is 1. The molecule has 1 aliphatic carbocycles. The second kappa shape index (κ2) is 6.33. The van der Waals surface area contributed by atoms with E-state index in [1.54, 1.807) is 7.11 Å². The Balaban J connectivity index is 1.83. The molecule has 3 rings (SSSR count). The van der Waals surface area contributed by atoms with Crippen LogP contribution in [0.4, 0.5) is 0 Å². The standard InChI is InChI=1S/C15H21BrN2O2/c1-19-14-9-12(16)8-11(15(14)20-13-2-3-13)10-18-6-4-17-5-7-18/h8-9,13,17H,2-7,10H2,1H3. The summed E-state index contributed by atoms with van der Waals surface area (Å²) in [7, 11) is 1.70. The lowest BCUT2D eigenvalue weighted by Crippen LogP contribution is -2.42. The third-order valence-electron chi connectivity index (χ3n) is 3.73. The SMILES string of the molecule is COc1cc(Br)cc(CN2CCNCC2)c1OC1CC1. The maximum absolute atomic E-state index is 6.09. The predicted octanol–water partition coefficient (Wildman–Crippen LogP) is 2.40. The van der Waals surface area contributed by atoms with Crippen molar-refractivity contribution < 1.29 is 9.47 Å². The van der Waals surface area contributed by atoms with Gasteiger partial charge in [0.15, 0.2) is 11.5 Å². The molecule has 1 aromatic carbocycles. The zero-order valence-corrected chi connectivity index (χ0v) is 13.4. The molecule has 1 aliphatic heterocycles. The lowest BCUT2D eigenvalue weighted by atomic mass is 10.1.